The fourth-order valence-corrected chi connectivity index (χ4v) is 4.25. The number of hydrogen-bond acceptors (Lipinski definition) is 5. The SMILES string of the molecule is CC(CCNC(=O)OCC1c2ccccc2-c2ccccc21)C(=O)NCCn1cnc(C(=O)O)c1. The van der Waals surface area contributed by atoms with Gasteiger partial charge >= 0.3 is 12.1 Å². The van der Waals surface area contributed by atoms with E-state index in [1.165, 1.54) is 23.7 Å². The molecule has 0 spiro atoms. The second-order valence-electron chi connectivity index (χ2n) is 8.53. The molecule has 0 fully saturated rings. The van der Waals surface area contributed by atoms with E-state index in [0.717, 1.165) is 11.1 Å². The maximum atomic E-state index is 12.3. The van der Waals surface area contributed by atoms with Crippen LogP contribution in [0.25, 0.3) is 11.1 Å². The highest BCUT2D eigenvalue weighted by Gasteiger charge is 2.29. The number of nitrogens with one attached hydrogen (secondary N) is 2. The van der Waals surface area contributed by atoms with E-state index in [9.17, 15) is 14.4 Å². The molecule has 1 unspecified atom stereocenters. The van der Waals surface area contributed by atoms with Crippen LogP contribution in [-0.2, 0) is 16.1 Å². The third kappa shape index (κ3) is 5.68. The Balaban J connectivity index is 1.17. The molecule has 0 bridgehead atoms. The van der Waals surface area contributed by atoms with Crippen LogP contribution in [0.5, 0.6) is 0 Å². The highest BCUT2D eigenvalue weighted by molar-refractivity contribution is 5.85. The van der Waals surface area contributed by atoms with Gasteiger partial charge in [-0.15, -0.1) is 0 Å². The van der Waals surface area contributed by atoms with Crippen LogP contribution in [0, 0.1) is 5.92 Å². The van der Waals surface area contributed by atoms with Crippen molar-refractivity contribution in [2.45, 2.75) is 25.8 Å². The number of imidazole rings is 1. The van der Waals surface area contributed by atoms with Gasteiger partial charge in [0.1, 0.15) is 6.61 Å². The summed E-state index contributed by atoms with van der Waals surface area (Å²) in [5, 5.41) is 14.4. The monoisotopic (exact) mass is 476 g/mol. The Hall–Kier alpha value is -4.14. The third-order valence-corrected chi connectivity index (χ3v) is 6.16. The smallest absolute Gasteiger partial charge is 0.407 e. The standard InChI is InChI=1S/C26H28N4O5/c1-17(24(31)27-12-13-30-14-23(25(32)33)29-16-30)10-11-28-26(34)35-15-22-20-8-4-2-6-18(20)19-7-3-5-9-21(19)22/h2-9,14,16-17,22H,10-13,15H2,1H3,(H,27,31)(H,28,34)(H,32,33). The average Bonchev–Trinajstić information content (AvgIpc) is 3.46. The number of amides is 2. The third-order valence-electron chi connectivity index (χ3n) is 6.16. The van der Waals surface area contributed by atoms with Crippen molar-refractivity contribution in [3.8, 4) is 11.1 Å². The molecule has 0 radical (unpaired) electrons. The molecule has 1 heterocycles. The van der Waals surface area contributed by atoms with Crippen LogP contribution in [0.15, 0.2) is 61.1 Å². The number of carboxylic acid groups (broad SMARTS) is 1. The number of fused-ring (bicyclic) bond motifs is 3. The number of carbonyl (C=O) groups is 3. The Bertz CT molecular complexity index is 1180. The van der Waals surface area contributed by atoms with Crippen LogP contribution in [-0.4, -0.2) is 52.3 Å². The lowest BCUT2D eigenvalue weighted by atomic mass is 9.98. The van der Waals surface area contributed by atoms with E-state index < -0.39 is 12.1 Å². The van der Waals surface area contributed by atoms with Crippen LogP contribution >= 0.6 is 0 Å². The van der Waals surface area contributed by atoms with Crippen molar-refractivity contribution >= 4 is 18.0 Å². The minimum Gasteiger partial charge on any atom is -0.476 e. The number of ether oxygens (including phenoxy) is 1. The minimum atomic E-state index is -1.09. The molecule has 1 aliphatic rings. The quantitative estimate of drug-likeness (QED) is 0.413. The first-order valence-electron chi connectivity index (χ1n) is 11.6. The maximum absolute atomic E-state index is 12.3. The van der Waals surface area contributed by atoms with Crippen molar-refractivity contribution in [1.82, 2.24) is 20.2 Å². The summed E-state index contributed by atoms with van der Waals surface area (Å²) < 4.78 is 7.12. The lowest BCUT2D eigenvalue weighted by molar-refractivity contribution is -0.124. The van der Waals surface area contributed by atoms with Crippen molar-refractivity contribution in [1.29, 1.82) is 0 Å². The van der Waals surface area contributed by atoms with Gasteiger partial charge in [0.2, 0.25) is 5.91 Å². The molecule has 0 saturated heterocycles. The molecule has 0 aliphatic heterocycles. The van der Waals surface area contributed by atoms with Crippen LogP contribution in [0.1, 0.15) is 40.9 Å². The van der Waals surface area contributed by atoms with Gasteiger partial charge in [0.25, 0.3) is 0 Å². The fraction of sp³-hybridized carbons (Fsp3) is 0.308. The van der Waals surface area contributed by atoms with E-state index >= 15 is 0 Å². The van der Waals surface area contributed by atoms with Gasteiger partial charge in [-0.25, -0.2) is 14.6 Å². The van der Waals surface area contributed by atoms with E-state index in [2.05, 4.69) is 39.9 Å². The van der Waals surface area contributed by atoms with Crippen molar-refractivity contribution in [2.24, 2.45) is 5.92 Å². The molecular formula is C26H28N4O5. The van der Waals surface area contributed by atoms with Crippen LogP contribution < -0.4 is 10.6 Å². The zero-order chi connectivity index (χ0) is 24.8. The lowest BCUT2D eigenvalue weighted by Gasteiger charge is -2.15. The first-order chi connectivity index (χ1) is 16.9. The number of hydrogen-bond donors (Lipinski definition) is 3. The van der Waals surface area contributed by atoms with Gasteiger partial charge in [0.15, 0.2) is 5.69 Å². The summed E-state index contributed by atoms with van der Waals surface area (Å²) in [6.45, 7) is 3.10. The Morgan fingerprint density at radius 1 is 1.03 bits per heavy atom. The minimum absolute atomic E-state index is 0.0000684. The Labute approximate surface area is 203 Å². The van der Waals surface area contributed by atoms with Gasteiger partial charge in [-0.2, -0.15) is 0 Å². The first-order valence-corrected chi connectivity index (χ1v) is 11.6. The van der Waals surface area contributed by atoms with E-state index in [1.807, 2.05) is 24.3 Å². The Morgan fingerprint density at radius 2 is 1.69 bits per heavy atom. The number of benzene rings is 2. The topological polar surface area (TPSA) is 123 Å². The molecule has 182 valence electrons. The molecule has 2 amide bonds. The Morgan fingerprint density at radius 3 is 2.31 bits per heavy atom. The van der Waals surface area contributed by atoms with E-state index in [0.29, 0.717) is 26.1 Å². The molecule has 1 aliphatic carbocycles. The van der Waals surface area contributed by atoms with Gasteiger partial charge in [0.05, 0.1) is 6.33 Å². The number of carbonyl (C=O) groups excluding carboxylic acids is 2. The lowest BCUT2D eigenvalue weighted by Crippen LogP contribution is -2.34. The van der Waals surface area contributed by atoms with Crippen molar-refractivity contribution in [3.63, 3.8) is 0 Å². The summed E-state index contributed by atoms with van der Waals surface area (Å²) in [7, 11) is 0. The van der Waals surface area contributed by atoms with Gasteiger partial charge < -0.3 is 25.0 Å². The van der Waals surface area contributed by atoms with E-state index in [4.69, 9.17) is 9.84 Å². The molecule has 1 aromatic heterocycles. The van der Waals surface area contributed by atoms with Crippen molar-refractivity contribution in [3.05, 3.63) is 77.9 Å². The Kier molecular flexibility index (Phi) is 7.45. The van der Waals surface area contributed by atoms with Crippen molar-refractivity contribution in [2.75, 3.05) is 19.7 Å². The summed E-state index contributed by atoms with van der Waals surface area (Å²) in [5.74, 6) is -1.54. The molecule has 9 nitrogen and oxygen atoms in total. The normalized spacial score (nSPS) is 12.9. The predicted octanol–water partition coefficient (Wildman–Crippen LogP) is 3.26. The molecule has 0 saturated carbocycles. The number of alkyl carbamates (subject to hydrolysis) is 1. The van der Waals surface area contributed by atoms with E-state index in [1.54, 1.807) is 11.5 Å². The van der Waals surface area contributed by atoms with Gasteiger partial charge in [-0.1, -0.05) is 55.5 Å². The molecule has 1 atom stereocenters. The molecule has 3 N–H and O–H groups in total. The summed E-state index contributed by atoms with van der Waals surface area (Å²) in [5.41, 5.74) is 4.62. The van der Waals surface area contributed by atoms with Gasteiger partial charge in [-0.3, -0.25) is 4.79 Å². The molecule has 3 aromatic rings. The average molecular weight is 477 g/mol. The summed E-state index contributed by atoms with van der Waals surface area (Å²) in [4.78, 5) is 39.2. The molecule has 4 rings (SSSR count). The second kappa shape index (κ2) is 10.9. The van der Waals surface area contributed by atoms with Gasteiger partial charge in [-0.05, 0) is 28.7 Å². The zero-order valence-electron chi connectivity index (χ0n) is 19.4. The summed E-state index contributed by atoms with van der Waals surface area (Å²) >= 11 is 0. The molecule has 2 aromatic carbocycles. The molecule has 35 heavy (non-hydrogen) atoms. The number of aromatic carboxylic acids is 1. The summed E-state index contributed by atoms with van der Waals surface area (Å²) in [6, 6.07) is 16.3. The van der Waals surface area contributed by atoms with E-state index in [-0.39, 0.29) is 30.0 Å². The number of rotatable bonds is 10. The largest absolute Gasteiger partial charge is 0.476 e. The first kappa shape index (κ1) is 24.0. The van der Waals surface area contributed by atoms with Crippen LogP contribution in [0.3, 0.4) is 0 Å². The van der Waals surface area contributed by atoms with Crippen LogP contribution in [0.2, 0.25) is 0 Å². The van der Waals surface area contributed by atoms with Gasteiger partial charge in [0, 0.05) is 37.7 Å². The second-order valence-corrected chi connectivity index (χ2v) is 8.53. The predicted molar refractivity (Wildman–Crippen MR) is 129 cm³/mol. The highest BCUT2D eigenvalue weighted by atomic mass is 16.5. The molecule has 9 heteroatoms. The number of carboxylic acids is 1. The molecular weight excluding hydrogens is 448 g/mol. The fourth-order valence-electron chi connectivity index (χ4n) is 4.25. The maximum Gasteiger partial charge on any atom is 0.407 e. The highest BCUT2D eigenvalue weighted by Crippen LogP contribution is 2.44. The van der Waals surface area contributed by atoms with Crippen molar-refractivity contribution < 1.29 is 24.2 Å². The number of aromatic nitrogens is 2. The number of nitrogens with zero attached hydrogens (tertiary/aromatic N) is 2. The summed E-state index contributed by atoms with van der Waals surface area (Å²) in [6.07, 6.45) is 2.78. The van der Waals surface area contributed by atoms with Crippen LogP contribution in [0.4, 0.5) is 4.79 Å². The zero-order valence-corrected chi connectivity index (χ0v) is 19.4.